The minimum atomic E-state index is -4.03. The molecular weight excluding hydrogens is 450 g/mol. The van der Waals surface area contributed by atoms with Gasteiger partial charge in [-0.15, -0.1) is 11.8 Å². The molecular formula is C22H23N3O5S2. The molecule has 0 fully saturated rings. The third kappa shape index (κ3) is 6.22. The van der Waals surface area contributed by atoms with Gasteiger partial charge in [-0.3, -0.25) is 9.59 Å². The smallest absolute Gasteiger partial charge is 0.243 e. The Labute approximate surface area is 191 Å². The third-order valence-corrected chi connectivity index (χ3v) is 6.93. The van der Waals surface area contributed by atoms with E-state index in [9.17, 15) is 18.0 Å². The number of hydrogen-bond donors (Lipinski definition) is 2. The normalized spacial score (nSPS) is 11.3. The lowest BCUT2D eigenvalue weighted by molar-refractivity contribution is -0.116. The summed E-state index contributed by atoms with van der Waals surface area (Å²) >= 11 is 1.54. The number of sulfonamides is 1. The van der Waals surface area contributed by atoms with Crippen molar-refractivity contribution in [2.45, 2.75) is 23.3 Å². The summed E-state index contributed by atoms with van der Waals surface area (Å²) in [5.41, 5.74) is 1.05. The molecule has 3 rings (SSSR count). The van der Waals surface area contributed by atoms with E-state index in [-0.39, 0.29) is 17.3 Å². The van der Waals surface area contributed by atoms with E-state index in [4.69, 9.17) is 4.42 Å². The second kappa shape index (κ2) is 10.5. The Morgan fingerprint density at radius 3 is 2.38 bits per heavy atom. The Kier molecular flexibility index (Phi) is 7.73. The Hall–Kier alpha value is -3.08. The maximum absolute atomic E-state index is 13.3. The number of rotatable bonds is 9. The molecule has 0 saturated heterocycles. The van der Waals surface area contributed by atoms with E-state index >= 15 is 0 Å². The van der Waals surface area contributed by atoms with Crippen LogP contribution in [-0.2, 0) is 26.2 Å². The largest absolute Gasteiger partial charge is 0.468 e. The highest BCUT2D eigenvalue weighted by atomic mass is 32.2. The van der Waals surface area contributed by atoms with Gasteiger partial charge in [-0.1, -0.05) is 6.07 Å². The number of furan rings is 1. The van der Waals surface area contributed by atoms with Gasteiger partial charge in [-0.25, -0.2) is 8.42 Å². The number of nitrogens with one attached hydrogen (secondary N) is 2. The molecule has 0 atom stereocenters. The highest BCUT2D eigenvalue weighted by Crippen LogP contribution is 2.22. The first kappa shape index (κ1) is 23.6. The highest BCUT2D eigenvalue weighted by molar-refractivity contribution is 7.98. The molecule has 3 aromatic rings. The van der Waals surface area contributed by atoms with Gasteiger partial charge in [0, 0.05) is 23.2 Å². The molecule has 0 unspecified atom stereocenters. The monoisotopic (exact) mass is 473 g/mol. The summed E-state index contributed by atoms with van der Waals surface area (Å²) < 4.78 is 32.9. The Morgan fingerprint density at radius 1 is 1.00 bits per heavy atom. The molecule has 2 aromatic carbocycles. The van der Waals surface area contributed by atoms with E-state index in [1.165, 1.54) is 49.2 Å². The van der Waals surface area contributed by atoms with Crippen molar-refractivity contribution in [1.29, 1.82) is 0 Å². The van der Waals surface area contributed by atoms with E-state index < -0.39 is 22.5 Å². The van der Waals surface area contributed by atoms with E-state index in [1.54, 1.807) is 18.2 Å². The minimum absolute atomic E-state index is 0.00432. The summed E-state index contributed by atoms with van der Waals surface area (Å²) in [6.07, 6.45) is 3.37. The van der Waals surface area contributed by atoms with Gasteiger partial charge in [0.1, 0.15) is 5.76 Å². The second-order valence-corrected chi connectivity index (χ2v) is 9.66. The zero-order valence-corrected chi connectivity index (χ0v) is 19.2. The van der Waals surface area contributed by atoms with Gasteiger partial charge < -0.3 is 15.1 Å². The van der Waals surface area contributed by atoms with E-state index in [2.05, 4.69) is 10.6 Å². The molecule has 0 bridgehead atoms. The lowest BCUT2D eigenvalue weighted by Crippen LogP contribution is -2.37. The molecule has 32 heavy (non-hydrogen) atoms. The fraction of sp³-hybridized carbons (Fsp3) is 0.182. The molecule has 10 heteroatoms. The number of carbonyl (C=O) groups excluding carboxylic acids is 2. The van der Waals surface area contributed by atoms with Crippen LogP contribution in [0.3, 0.4) is 0 Å². The molecule has 8 nitrogen and oxygen atoms in total. The maximum Gasteiger partial charge on any atom is 0.243 e. The van der Waals surface area contributed by atoms with E-state index in [0.29, 0.717) is 17.1 Å². The lowest BCUT2D eigenvalue weighted by atomic mass is 10.3. The number of thioether (sulfide) groups is 1. The predicted octanol–water partition coefficient (Wildman–Crippen LogP) is 3.79. The summed E-state index contributed by atoms with van der Waals surface area (Å²) in [5, 5.41) is 5.33. The topological polar surface area (TPSA) is 109 Å². The second-order valence-electron chi connectivity index (χ2n) is 6.84. The quantitative estimate of drug-likeness (QED) is 0.458. The van der Waals surface area contributed by atoms with Crippen molar-refractivity contribution < 1.29 is 22.4 Å². The number of anilines is 2. The zero-order valence-electron chi connectivity index (χ0n) is 17.6. The fourth-order valence-corrected chi connectivity index (χ4v) is 4.75. The number of carbonyl (C=O) groups is 2. The average molecular weight is 474 g/mol. The first-order valence-electron chi connectivity index (χ1n) is 9.62. The number of hydrogen-bond acceptors (Lipinski definition) is 6. The van der Waals surface area contributed by atoms with Gasteiger partial charge >= 0.3 is 0 Å². The number of nitrogens with zero attached hydrogens (tertiary/aromatic N) is 1. The van der Waals surface area contributed by atoms with Crippen molar-refractivity contribution in [3.63, 3.8) is 0 Å². The van der Waals surface area contributed by atoms with Crippen LogP contribution in [0.25, 0.3) is 0 Å². The fourth-order valence-electron chi connectivity index (χ4n) is 2.93. The average Bonchev–Trinajstić information content (AvgIpc) is 3.26. The minimum Gasteiger partial charge on any atom is -0.468 e. The summed E-state index contributed by atoms with van der Waals surface area (Å²) in [4.78, 5) is 24.9. The predicted molar refractivity (Wildman–Crippen MR) is 124 cm³/mol. The van der Waals surface area contributed by atoms with Crippen molar-refractivity contribution in [2.24, 2.45) is 0 Å². The maximum atomic E-state index is 13.3. The van der Waals surface area contributed by atoms with Gasteiger partial charge in [0.25, 0.3) is 0 Å². The van der Waals surface area contributed by atoms with Crippen LogP contribution in [0, 0.1) is 0 Å². The summed E-state index contributed by atoms with van der Waals surface area (Å²) in [6.45, 7) is 0.851. The third-order valence-electron chi connectivity index (χ3n) is 4.40. The molecule has 0 aliphatic rings. The zero-order chi connectivity index (χ0) is 23.1. The molecule has 0 radical (unpaired) electrons. The number of benzene rings is 2. The van der Waals surface area contributed by atoms with Crippen LogP contribution in [0.15, 0.2) is 81.1 Å². The van der Waals surface area contributed by atoms with Crippen LogP contribution in [-0.4, -0.2) is 37.3 Å². The van der Waals surface area contributed by atoms with Crippen LogP contribution in [0.5, 0.6) is 0 Å². The first-order chi connectivity index (χ1) is 15.3. The molecule has 2 amide bonds. The highest BCUT2D eigenvalue weighted by Gasteiger charge is 2.28. The van der Waals surface area contributed by atoms with Crippen LogP contribution < -0.4 is 10.6 Å². The molecule has 0 saturated carbocycles. The molecule has 168 valence electrons. The molecule has 0 spiro atoms. The molecule has 1 aromatic heterocycles. The molecule has 2 N–H and O–H groups in total. The van der Waals surface area contributed by atoms with Gasteiger partial charge in [-0.2, -0.15) is 4.31 Å². The first-order valence-corrected chi connectivity index (χ1v) is 12.3. The molecule has 1 heterocycles. The van der Waals surface area contributed by atoms with Gasteiger partial charge in [0.15, 0.2) is 0 Å². The van der Waals surface area contributed by atoms with Gasteiger partial charge in [0.05, 0.1) is 24.2 Å². The van der Waals surface area contributed by atoms with Crippen LogP contribution in [0.2, 0.25) is 0 Å². The Bertz CT molecular complexity index is 1180. The van der Waals surface area contributed by atoms with Crippen LogP contribution >= 0.6 is 11.8 Å². The number of amides is 2. The van der Waals surface area contributed by atoms with Gasteiger partial charge in [-0.05, 0) is 60.9 Å². The lowest BCUT2D eigenvalue weighted by Gasteiger charge is -2.21. The Balaban J connectivity index is 1.82. The van der Waals surface area contributed by atoms with Crippen molar-refractivity contribution in [2.75, 3.05) is 23.4 Å². The molecule has 0 aliphatic carbocycles. The van der Waals surface area contributed by atoms with Crippen molar-refractivity contribution in [3.05, 3.63) is 72.7 Å². The summed E-state index contributed by atoms with van der Waals surface area (Å²) in [7, 11) is -4.03. The van der Waals surface area contributed by atoms with Crippen molar-refractivity contribution in [3.8, 4) is 0 Å². The standard InChI is InChI=1S/C22H23N3O5S2/c1-16(26)23-17-8-10-21(11-9-17)32(28,29)25(14-19-6-4-12-30-19)15-22(27)24-18-5-3-7-20(13-18)31-2/h3-13H,14-15H2,1-2H3,(H,23,26)(H,24,27). The van der Waals surface area contributed by atoms with Crippen LogP contribution in [0.1, 0.15) is 12.7 Å². The van der Waals surface area contributed by atoms with E-state index in [0.717, 1.165) is 9.20 Å². The van der Waals surface area contributed by atoms with Crippen molar-refractivity contribution in [1.82, 2.24) is 4.31 Å². The SMILES string of the molecule is CSc1cccc(NC(=O)CN(Cc2ccco2)S(=O)(=O)c2ccc(NC(C)=O)cc2)c1. The summed E-state index contributed by atoms with van der Waals surface area (Å²) in [6, 6.07) is 16.3. The van der Waals surface area contributed by atoms with E-state index in [1.807, 2.05) is 24.5 Å². The Morgan fingerprint density at radius 2 is 1.75 bits per heavy atom. The molecule has 0 aliphatic heterocycles. The summed E-state index contributed by atoms with van der Waals surface area (Å²) in [5.74, 6) is -0.337. The van der Waals surface area contributed by atoms with Crippen molar-refractivity contribution >= 4 is 45.0 Å². The van der Waals surface area contributed by atoms with Gasteiger partial charge in [0.2, 0.25) is 21.8 Å². The van der Waals surface area contributed by atoms with Crippen LogP contribution in [0.4, 0.5) is 11.4 Å².